The minimum atomic E-state index is -1.04. The summed E-state index contributed by atoms with van der Waals surface area (Å²) in [6.45, 7) is 9.79. The van der Waals surface area contributed by atoms with E-state index in [-0.39, 0.29) is 0 Å². The molecule has 2 aromatic carbocycles. The summed E-state index contributed by atoms with van der Waals surface area (Å²) in [7, 11) is -1.04. The predicted molar refractivity (Wildman–Crippen MR) is 96.5 cm³/mol. The molecule has 110 valence electrons. The maximum atomic E-state index is 2.45. The molecule has 21 heavy (non-hydrogen) atoms. The lowest BCUT2D eigenvalue weighted by Crippen LogP contribution is -2.19. The van der Waals surface area contributed by atoms with Crippen LogP contribution in [0, 0.1) is 0 Å². The molecular weight excluding hydrogens is 271 g/mol. The Bertz CT molecular complexity index is 582. The summed E-state index contributed by atoms with van der Waals surface area (Å²) in [5, 5.41) is 0. The maximum absolute atomic E-state index is 2.45. The van der Waals surface area contributed by atoms with Crippen molar-refractivity contribution in [2.24, 2.45) is 0 Å². The van der Waals surface area contributed by atoms with Gasteiger partial charge < -0.3 is 0 Å². The van der Waals surface area contributed by atoms with Crippen molar-refractivity contribution in [3.8, 4) is 11.1 Å². The molecule has 0 bridgehead atoms. The number of hydrogen-bond donors (Lipinski definition) is 0. The lowest BCUT2D eigenvalue weighted by molar-refractivity contribution is 0.951. The first-order chi connectivity index (χ1) is 10.0. The highest BCUT2D eigenvalue weighted by Gasteiger charge is 2.46. The minimum absolute atomic E-state index is 0.789. The fourth-order valence-corrected chi connectivity index (χ4v) is 8.44. The highest BCUT2D eigenvalue weighted by molar-refractivity contribution is 7.75. The molecular formula is C20H26P+. The average molecular weight is 297 g/mol. The first kappa shape index (κ1) is 14.8. The van der Waals surface area contributed by atoms with Crippen molar-refractivity contribution in [3.05, 3.63) is 59.7 Å². The maximum Gasteiger partial charge on any atom is 0.0857 e. The molecule has 1 heteroatoms. The first-order valence-corrected chi connectivity index (χ1v) is 10.4. The van der Waals surface area contributed by atoms with E-state index in [4.69, 9.17) is 0 Å². The molecule has 0 fully saturated rings. The Balaban J connectivity index is 2.26. The van der Waals surface area contributed by atoms with Gasteiger partial charge in [0.2, 0.25) is 0 Å². The van der Waals surface area contributed by atoms with Crippen LogP contribution in [0.25, 0.3) is 11.1 Å². The van der Waals surface area contributed by atoms with E-state index in [1.54, 1.807) is 11.1 Å². The Morgan fingerprint density at radius 3 is 1.43 bits per heavy atom. The van der Waals surface area contributed by atoms with Gasteiger partial charge in [0, 0.05) is 7.26 Å². The van der Waals surface area contributed by atoms with Crippen LogP contribution in [0.4, 0.5) is 0 Å². The van der Waals surface area contributed by atoms with Crippen LogP contribution < -0.4 is 0 Å². The van der Waals surface area contributed by atoms with Crippen LogP contribution >= 0.6 is 7.26 Å². The van der Waals surface area contributed by atoms with Gasteiger partial charge in [-0.2, -0.15) is 0 Å². The Labute approximate surface area is 129 Å². The third kappa shape index (κ3) is 2.44. The van der Waals surface area contributed by atoms with Gasteiger partial charge in [0.25, 0.3) is 0 Å². The van der Waals surface area contributed by atoms with Crippen molar-refractivity contribution in [1.29, 1.82) is 0 Å². The van der Waals surface area contributed by atoms with Crippen LogP contribution in [0.15, 0.2) is 48.5 Å². The van der Waals surface area contributed by atoms with Crippen molar-refractivity contribution in [2.75, 3.05) is 0 Å². The van der Waals surface area contributed by atoms with Gasteiger partial charge >= 0.3 is 0 Å². The molecule has 0 aliphatic carbocycles. The molecule has 0 aromatic heterocycles. The second-order valence-electron chi connectivity index (χ2n) is 6.92. The number of fused-ring (bicyclic) bond motifs is 3. The van der Waals surface area contributed by atoms with Gasteiger partial charge in [0.05, 0.1) is 23.6 Å². The fourth-order valence-electron chi connectivity index (χ4n) is 3.86. The van der Waals surface area contributed by atoms with E-state index in [1.165, 1.54) is 23.5 Å². The van der Waals surface area contributed by atoms with Gasteiger partial charge in [-0.15, -0.1) is 0 Å². The lowest BCUT2D eigenvalue weighted by atomic mass is 9.97. The SMILES string of the molecule is CC(C)[P+]1(C(C)C)Cc2ccccc2-c2ccccc2C1. The molecule has 1 heterocycles. The summed E-state index contributed by atoms with van der Waals surface area (Å²) >= 11 is 0. The molecule has 0 unspecified atom stereocenters. The highest BCUT2D eigenvalue weighted by atomic mass is 31.2. The minimum Gasteiger partial charge on any atom is -0.0618 e. The largest absolute Gasteiger partial charge is 0.0857 e. The lowest BCUT2D eigenvalue weighted by Gasteiger charge is -2.34. The van der Waals surface area contributed by atoms with Gasteiger partial charge in [0.1, 0.15) is 0 Å². The van der Waals surface area contributed by atoms with E-state index < -0.39 is 7.26 Å². The van der Waals surface area contributed by atoms with Crippen LogP contribution in [0.1, 0.15) is 38.8 Å². The van der Waals surface area contributed by atoms with Gasteiger partial charge in [-0.25, -0.2) is 0 Å². The van der Waals surface area contributed by atoms with Crippen molar-refractivity contribution < 1.29 is 0 Å². The summed E-state index contributed by atoms with van der Waals surface area (Å²) in [5.74, 6) is 0. The number of hydrogen-bond acceptors (Lipinski definition) is 0. The Hall–Kier alpha value is -1.13. The fraction of sp³-hybridized carbons (Fsp3) is 0.400. The van der Waals surface area contributed by atoms with Crippen LogP contribution in [0.5, 0.6) is 0 Å². The molecule has 0 N–H and O–H groups in total. The van der Waals surface area contributed by atoms with Crippen molar-refractivity contribution in [2.45, 2.75) is 51.3 Å². The Morgan fingerprint density at radius 1 is 0.667 bits per heavy atom. The molecule has 1 aliphatic heterocycles. The van der Waals surface area contributed by atoms with E-state index in [9.17, 15) is 0 Å². The molecule has 3 rings (SSSR count). The van der Waals surface area contributed by atoms with Gasteiger partial charge in [-0.3, -0.25) is 0 Å². The van der Waals surface area contributed by atoms with E-state index in [2.05, 4.69) is 76.2 Å². The van der Waals surface area contributed by atoms with Crippen molar-refractivity contribution in [1.82, 2.24) is 0 Å². The summed E-state index contributed by atoms with van der Waals surface area (Å²) < 4.78 is 0. The molecule has 0 nitrogen and oxygen atoms in total. The molecule has 0 amide bonds. The standard InChI is InChI=1S/C20H26P/c1-15(2)21(16(3)4)13-17-9-5-7-11-19(17)20-12-8-6-10-18(20)14-21/h5-12,15-16H,13-14H2,1-4H3/q+1. The molecule has 2 aromatic rings. The van der Waals surface area contributed by atoms with E-state index in [0.717, 1.165) is 11.3 Å². The van der Waals surface area contributed by atoms with Crippen molar-refractivity contribution in [3.63, 3.8) is 0 Å². The van der Waals surface area contributed by atoms with E-state index in [1.807, 2.05) is 0 Å². The van der Waals surface area contributed by atoms with Crippen LogP contribution in [0.3, 0.4) is 0 Å². The molecule has 0 spiro atoms. The first-order valence-electron chi connectivity index (χ1n) is 8.07. The normalized spacial score (nSPS) is 16.5. The Morgan fingerprint density at radius 2 is 1.05 bits per heavy atom. The molecule has 0 saturated heterocycles. The Kier molecular flexibility index (Phi) is 3.93. The molecule has 0 atom stereocenters. The summed E-state index contributed by atoms with van der Waals surface area (Å²) in [4.78, 5) is 0. The summed E-state index contributed by atoms with van der Waals surface area (Å²) in [6.07, 6.45) is 2.60. The quantitative estimate of drug-likeness (QED) is 0.579. The number of rotatable bonds is 2. The van der Waals surface area contributed by atoms with Gasteiger partial charge in [0.15, 0.2) is 0 Å². The van der Waals surface area contributed by atoms with E-state index >= 15 is 0 Å². The van der Waals surface area contributed by atoms with Crippen LogP contribution in [0.2, 0.25) is 0 Å². The number of benzene rings is 2. The summed E-state index contributed by atoms with van der Waals surface area (Å²) in [6, 6.07) is 18.1. The summed E-state index contributed by atoms with van der Waals surface area (Å²) in [5.41, 5.74) is 7.65. The monoisotopic (exact) mass is 297 g/mol. The third-order valence-corrected chi connectivity index (χ3v) is 11.3. The topological polar surface area (TPSA) is 0 Å². The second kappa shape index (κ2) is 5.58. The van der Waals surface area contributed by atoms with Gasteiger partial charge in [-0.1, -0.05) is 48.5 Å². The zero-order valence-electron chi connectivity index (χ0n) is 13.6. The van der Waals surface area contributed by atoms with Gasteiger partial charge in [-0.05, 0) is 49.9 Å². The van der Waals surface area contributed by atoms with E-state index in [0.29, 0.717) is 0 Å². The molecule has 0 radical (unpaired) electrons. The predicted octanol–water partition coefficient (Wildman–Crippen LogP) is 6.20. The van der Waals surface area contributed by atoms with Crippen LogP contribution in [-0.2, 0) is 12.3 Å². The zero-order chi connectivity index (χ0) is 15.0. The second-order valence-corrected chi connectivity index (χ2v) is 11.8. The average Bonchev–Trinajstić information content (AvgIpc) is 2.62. The third-order valence-electron chi connectivity index (χ3n) is 5.31. The molecule has 1 aliphatic rings. The molecule has 0 saturated carbocycles. The van der Waals surface area contributed by atoms with Crippen LogP contribution in [-0.4, -0.2) is 11.3 Å². The zero-order valence-corrected chi connectivity index (χ0v) is 14.5. The highest BCUT2D eigenvalue weighted by Crippen LogP contribution is 2.72. The smallest absolute Gasteiger partial charge is 0.0618 e. The van der Waals surface area contributed by atoms with Crippen molar-refractivity contribution >= 4 is 7.26 Å².